The minimum absolute atomic E-state index is 0.183. The fourth-order valence-electron chi connectivity index (χ4n) is 3.14. The quantitative estimate of drug-likeness (QED) is 0.902. The fraction of sp³-hybridized carbons (Fsp3) is 0.444. The Hall–Kier alpha value is -2.70. The van der Waals surface area contributed by atoms with E-state index in [-0.39, 0.29) is 17.0 Å². The lowest BCUT2D eigenvalue weighted by Gasteiger charge is -2.33. The van der Waals surface area contributed by atoms with Crippen molar-refractivity contribution < 1.29 is 4.79 Å². The first-order chi connectivity index (χ1) is 12.0. The van der Waals surface area contributed by atoms with Crippen LogP contribution < -0.4 is 15.8 Å². The van der Waals surface area contributed by atoms with Crippen molar-refractivity contribution in [2.75, 3.05) is 24.5 Å². The molecule has 132 valence electrons. The number of nitrogens with zero attached hydrogens (tertiary/aromatic N) is 4. The molecule has 3 rings (SSSR count). The first kappa shape index (κ1) is 17.1. The predicted octanol–water partition coefficient (Wildman–Crippen LogP) is 1.13. The molecule has 1 fully saturated rings. The van der Waals surface area contributed by atoms with Gasteiger partial charge in [0.05, 0.1) is 11.9 Å². The number of hydrogen-bond donors (Lipinski definition) is 1. The number of carbonyl (C=O) groups is 1. The summed E-state index contributed by atoms with van der Waals surface area (Å²) in [5.41, 5.74) is 0.801. The third-order valence-corrected chi connectivity index (χ3v) is 4.50. The molecule has 3 heterocycles. The van der Waals surface area contributed by atoms with Crippen LogP contribution in [-0.4, -0.2) is 40.1 Å². The molecule has 2 aromatic heterocycles. The summed E-state index contributed by atoms with van der Waals surface area (Å²) in [5.74, 6) is 0.897. The fourth-order valence-corrected chi connectivity index (χ4v) is 3.14. The van der Waals surface area contributed by atoms with Gasteiger partial charge in [0.2, 0.25) is 0 Å². The van der Waals surface area contributed by atoms with Crippen molar-refractivity contribution in [1.29, 1.82) is 0 Å². The molecule has 0 bridgehead atoms. The number of pyridine rings is 1. The monoisotopic (exact) mass is 341 g/mol. The van der Waals surface area contributed by atoms with Crippen LogP contribution in [0, 0.1) is 12.8 Å². The van der Waals surface area contributed by atoms with Crippen molar-refractivity contribution in [3.63, 3.8) is 0 Å². The molecule has 1 aliphatic rings. The summed E-state index contributed by atoms with van der Waals surface area (Å²) in [6.45, 7) is 4.25. The molecule has 1 amide bonds. The van der Waals surface area contributed by atoms with Crippen molar-refractivity contribution in [1.82, 2.24) is 19.9 Å². The molecule has 1 atom stereocenters. The summed E-state index contributed by atoms with van der Waals surface area (Å²) in [6.07, 6.45) is 7.25. The maximum Gasteiger partial charge on any atom is 0.263 e. The van der Waals surface area contributed by atoms with Gasteiger partial charge in [-0.25, -0.2) is 4.98 Å². The zero-order chi connectivity index (χ0) is 17.8. The molecule has 0 radical (unpaired) electrons. The SMILES string of the molecule is Cc1cncc(N2CCCC(CNC(=O)c3cccn(C)c3=O)C2)n1. The van der Waals surface area contributed by atoms with Gasteiger partial charge in [-0.1, -0.05) is 0 Å². The number of nitrogens with one attached hydrogen (secondary N) is 1. The van der Waals surface area contributed by atoms with E-state index in [0.717, 1.165) is 37.4 Å². The first-order valence-electron chi connectivity index (χ1n) is 8.52. The molecule has 1 N–H and O–H groups in total. The summed E-state index contributed by atoms with van der Waals surface area (Å²) in [4.78, 5) is 35.2. The molecule has 0 aliphatic carbocycles. The van der Waals surface area contributed by atoms with Gasteiger partial charge >= 0.3 is 0 Å². The van der Waals surface area contributed by atoms with Gasteiger partial charge in [-0.15, -0.1) is 0 Å². The van der Waals surface area contributed by atoms with Crippen LogP contribution >= 0.6 is 0 Å². The Bertz CT molecular complexity index is 817. The average Bonchev–Trinajstić information content (AvgIpc) is 2.62. The van der Waals surface area contributed by atoms with Crippen molar-refractivity contribution in [2.24, 2.45) is 13.0 Å². The molecule has 0 spiro atoms. The number of piperidine rings is 1. The molecule has 25 heavy (non-hydrogen) atoms. The number of amides is 1. The Kier molecular flexibility index (Phi) is 5.11. The van der Waals surface area contributed by atoms with Gasteiger partial charge in [0.1, 0.15) is 11.4 Å². The Morgan fingerprint density at radius 3 is 3.04 bits per heavy atom. The Balaban J connectivity index is 1.60. The minimum atomic E-state index is -0.311. The van der Waals surface area contributed by atoms with Crippen LogP contribution in [0.25, 0.3) is 0 Å². The van der Waals surface area contributed by atoms with Gasteiger partial charge in [-0.05, 0) is 37.8 Å². The summed E-state index contributed by atoms with van der Waals surface area (Å²) in [7, 11) is 1.64. The van der Waals surface area contributed by atoms with Crippen LogP contribution in [0.5, 0.6) is 0 Å². The molecule has 0 aromatic carbocycles. The van der Waals surface area contributed by atoms with Crippen LogP contribution in [0.1, 0.15) is 28.9 Å². The molecule has 0 saturated carbocycles. The maximum atomic E-state index is 12.3. The van der Waals surface area contributed by atoms with Crippen LogP contribution in [0.2, 0.25) is 0 Å². The van der Waals surface area contributed by atoms with E-state index < -0.39 is 0 Å². The van der Waals surface area contributed by atoms with E-state index in [1.54, 1.807) is 37.8 Å². The highest BCUT2D eigenvalue weighted by Gasteiger charge is 2.22. The topological polar surface area (TPSA) is 80.1 Å². The second-order valence-electron chi connectivity index (χ2n) is 6.52. The molecule has 1 unspecified atom stereocenters. The molecule has 1 saturated heterocycles. The largest absolute Gasteiger partial charge is 0.355 e. The lowest BCUT2D eigenvalue weighted by atomic mass is 9.98. The molecule has 7 nitrogen and oxygen atoms in total. The second kappa shape index (κ2) is 7.46. The zero-order valence-electron chi connectivity index (χ0n) is 14.6. The molecular formula is C18H23N5O2. The average molecular weight is 341 g/mol. The van der Waals surface area contributed by atoms with Crippen LogP contribution in [0.3, 0.4) is 0 Å². The molecule has 1 aliphatic heterocycles. The highest BCUT2D eigenvalue weighted by Crippen LogP contribution is 2.20. The highest BCUT2D eigenvalue weighted by atomic mass is 16.2. The number of hydrogen-bond acceptors (Lipinski definition) is 5. The van der Waals surface area contributed by atoms with Crippen molar-refractivity contribution in [3.05, 3.63) is 52.3 Å². The van der Waals surface area contributed by atoms with Crippen molar-refractivity contribution in [3.8, 4) is 0 Å². The van der Waals surface area contributed by atoms with E-state index >= 15 is 0 Å². The van der Waals surface area contributed by atoms with Gasteiger partial charge in [0.15, 0.2) is 0 Å². The van der Waals surface area contributed by atoms with Gasteiger partial charge in [0, 0.05) is 39.1 Å². The Labute approximate surface area is 146 Å². The number of aryl methyl sites for hydroxylation is 2. The van der Waals surface area contributed by atoms with E-state index in [4.69, 9.17) is 0 Å². The van der Waals surface area contributed by atoms with Gasteiger partial charge in [-0.2, -0.15) is 0 Å². The van der Waals surface area contributed by atoms with E-state index in [0.29, 0.717) is 12.5 Å². The van der Waals surface area contributed by atoms with E-state index in [1.807, 2.05) is 6.92 Å². The van der Waals surface area contributed by atoms with Crippen LogP contribution in [0.15, 0.2) is 35.5 Å². The highest BCUT2D eigenvalue weighted by molar-refractivity contribution is 5.93. The normalized spacial score (nSPS) is 17.4. The molecular weight excluding hydrogens is 318 g/mol. The van der Waals surface area contributed by atoms with Gasteiger partial charge in [0.25, 0.3) is 11.5 Å². The second-order valence-corrected chi connectivity index (χ2v) is 6.52. The smallest absolute Gasteiger partial charge is 0.263 e. The Morgan fingerprint density at radius 1 is 1.40 bits per heavy atom. The number of aromatic nitrogens is 3. The number of rotatable bonds is 4. The van der Waals surface area contributed by atoms with E-state index in [9.17, 15) is 9.59 Å². The zero-order valence-corrected chi connectivity index (χ0v) is 14.6. The van der Waals surface area contributed by atoms with Crippen LogP contribution in [0.4, 0.5) is 5.82 Å². The lowest BCUT2D eigenvalue weighted by molar-refractivity contribution is 0.0943. The van der Waals surface area contributed by atoms with Crippen molar-refractivity contribution >= 4 is 11.7 Å². The van der Waals surface area contributed by atoms with Crippen LogP contribution in [-0.2, 0) is 7.05 Å². The molecule has 2 aromatic rings. The third-order valence-electron chi connectivity index (χ3n) is 4.50. The summed E-state index contributed by atoms with van der Waals surface area (Å²) < 4.78 is 1.41. The van der Waals surface area contributed by atoms with E-state index in [1.165, 1.54) is 4.57 Å². The predicted molar refractivity (Wildman–Crippen MR) is 95.7 cm³/mol. The van der Waals surface area contributed by atoms with Crippen molar-refractivity contribution in [2.45, 2.75) is 19.8 Å². The summed E-state index contributed by atoms with van der Waals surface area (Å²) in [5, 5.41) is 2.91. The third kappa shape index (κ3) is 4.04. The number of anilines is 1. The first-order valence-corrected chi connectivity index (χ1v) is 8.52. The maximum absolute atomic E-state index is 12.3. The minimum Gasteiger partial charge on any atom is -0.355 e. The summed E-state index contributed by atoms with van der Waals surface area (Å²) in [6, 6.07) is 3.27. The van der Waals surface area contributed by atoms with Gasteiger partial charge < -0.3 is 14.8 Å². The lowest BCUT2D eigenvalue weighted by Crippen LogP contribution is -2.42. The summed E-state index contributed by atoms with van der Waals surface area (Å²) >= 11 is 0. The van der Waals surface area contributed by atoms with Gasteiger partial charge in [-0.3, -0.25) is 14.6 Å². The molecule has 7 heteroatoms. The Morgan fingerprint density at radius 2 is 2.24 bits per heavy atom. The van der Waals surface area contributed by atoms with E-state index in [2.05, 4.69) is 20.2 Å². The standard InChI is InChI=1S/C18H23N5O2/c1-13-9-19-11-16(21-13)23-8-3-5-14(12-23)10-20-17(24)15-6-4-7-22(2)18(15)25/h4,6-7,9,11,14H,3,5,8,10,12H2,1-2H3,(H,20,24). The number of carbonyl (C=O) groups excluding carboxylic acids is 1.